The van der Waals surface area contributed by atoms with Gasteiger partial charge in [0.15, 0.2) is 0 Å². The van der Waals surface area contributed by atoms with Crippen molar-refractivity contribution in [2.24, 2.45) is 5.73 Å². The van der Waals surface area contributed by atoms with Crippen LogP contribution in [0.4, 0.5) is 0 Å². The summed E-state index contributed by atoms with van der Waals surface area (Å²) in [7, 11) is 4.29. The van der Waals surface area contributed by atoms with E-state index < -0.39 is 0 Å². The van der Waals surface area contributed by atoms with Crippen LogP contribution in [-0.4, -0.2) is 56.6 Å². The van der Waals surface area contributed by atoms with Gasteiger partial charge in [0, 0.05) is 0 Å². The fraction of sp³-hybridized carbons (Fsp3) is 1.00. The third-order valence-electron chi connectivity index (χ3n) is 3.21. The van der Waals surface area contributed by atoms with E-state index in [0.717, 1.165) is 6.54 Å². The van der Waals surface area contributed by atoms with E-state index in [0.29, 0.717) is 0 Å². The highest BCUT2D eigenvalue weighted by molar-refractivity contribution is 4.57. The van der Waals surface area contributed by atoms with Gasteiger partial charge in [-0.15, -0.1) is 0 Å². The van der Waals surface area contributed by atoms with Gasteiger partial charge in [-0.2, -0.15) is 0 Å². The Bertz CT molecular complexity index is 148. The molecule has 17 heavy (non-hydrogen) atoms. The van der Waals surface area contributed by atoms with E-state index in [4.69, 9.17) is 5.73 Å². The summed E-state index contributed by atoms with van der Waals surface area (Å²) in [5, 5.41) is 0. The van der Waals surface area contributed by atoms with E-state index in [1.165, 1.54) is 64.7 Å². The molecule has 0 unspecified atom stereocenters. The number of nitrogens with zero attached hydrogens (tertiary/aromatic N) is 2. The van der Waals surface area contributed by atoms with E-state index in [1.54, 1.807) is 0 Å². The molecule has 104 valence electrons. The lowest BCUT2D eigenvalue weighted by atomic mass is 10.1. The highest BCUT2D eigenvalue weighted by atomic mass is 15.1. The van der Waals surface area contributed by atoms with Crippen LogP contribution in [0.15, 0.2) is 0 Å². The van der Waals surface area contributed by atoms with Crippen LogP contribution in [0.5, 0.6) is 0 Å². The van der Waals surface area contributed by atoms with E-state index >= 15 is 0 Å². The largest absolute Gasteiger partial charge is 0.330 e. The first-order chi connectivity index (χ1) is 8.20. The van der Waals surface area contributed by atoms with Gasteiger partial charge in [-0.3, -0.25) is 0 Å². The van der Waals surface area contributed by atoms with Crippen molar-refractivity contribution in [3.8, 4) is 0 Å². The highest BCUT2D eigenvalue weighted by Crippen LogP contribution is 2.04. The van der Waals surface area contributed by atoms with Gasteiger partial charge in [0.2, 0.25) is 0 Å². The molecule has 0 saturated carbocycles. The molecular formula is C14H33N3. The fourth-order valence-electron chi connectivity index (χ4n) is 2.05. The molecule has 0 bridgehead atoms. The van der Waals surface area contributed by atoms with Gasteiger partial charge in [0.1, 0.15) is 0 Å². The lowest BCUT2D eigenvalue weighted by Crippen LogP contribution is -2.28. The second-order valence-electron chi connectivity index (χ2n) is 5.15. The Kier molecular flexibility index (Phi) is 12.3. The predicted octanol–water partition coefficient (Wildman–Crippen LogP) is 2.17. The zero-order valence-corrected chi connectivity index (χ0v) is 12.2. The van der Waals surface area contributed by atoms with Crippen LogP contribution in [0.1, 0.15) is 45.4 Å². The van der Waals surface area contributed by atoms with Gasteiger partial charge in [-0.05, 0) is 66.1 Å². The van der Waals surface area contributed by atoms with Crippen LogP contribution in [0.25, 0.3) is 0 Å². The molecule has 3 nitrogen and oxygen atoms in total. The molecule has 0 aliphatic carbocycles. The van der Waals surface area contributed by atoms with Crippen molar-refractivity contribution in [2.75, 3.05) is 46.8 Å². The minimum Gasteiger partial charge on any atom is -0.330 e. The van der Waals surface area contributed by atoms with E-state index in [2.05, 4.69) is 30.8 Å². The average Bonchev–Trinajstić information content (AvgIpc) is 2.30. The third kappa shape index (κ3) is 12.1. The Morgan fingerprint density at radius 3 is 1.94 bits per heavy atom. The Hall–Kier alpha value is -0.120. The lowest BCUT2D eigenvalue weighted by molar-refractivity contribution is 0.260. The first-order valence-electron chi connectivity index (χ1n) is 7.27. The van der Waals surface area contributed by atoms with Crippen LogP contribution in [0, 0.1) is 0 Å². The van der Waals surface area contributed by atoms with Crippen molar-refractivity contribution in [3.05, 3.63) is 0 Å². The van der Waals surface area contributed by atoms with Crippen molar-refractivity contribution in [1.82, 2.24) is 9.80 Å². The van der Waals surface area contributed by atoms with Crippen molar-refractivity contribution in [2.45, 2.75) is 45.4 Å². The summed E-state index contributed by atoms with van der Waals surface area (Å²) in [6, 6.07) is 0. The summed E-state index contributed by atoms with van der Waals surface area (Å²) in [4.78, 5) is 4.84. The smallest absolute Gasteiger partial charge is 0.000667 e. The van der Waals surface area contributed by atoms with E-state index in [1.807, 2.05) is 0 Å². The average molecular weight is 243 g/mol. The Labute approximate surface area is 108 Å². The second-order valence-corrected chi connectivity index (χ2v) is 5.15. The predicted molar refractivity (Wildman–Crippen MR) is 77.4 cm³/mol. The molecule has 0 fully saturated rings. The van der Waals surface area contributed by atoms with Gasteiger partial charge < -0.3 is 15.5 Å². The van der Waals surface area contributed by atoms with Crippen LogP contribution in [0.3, 0.4) is 0 Å². The zero-order chi connectivity index (χ0) is 12.9. The Morgan fingerprint density at radius 2 is 1.35 bits per heavy atom. The summed E-state index contributed by atoms with van der Waals surface area (Å²) >= 11 is 0. The van der Waals surface area contributed by atoms with Crippen molar-refractivity contribution < 1.29 is 0 Å². The number of nitrogens with two attached hydrogens (primary N) is 1. The first-order valence-corrected chi connectivity index (χ1v) is 7.27. The number of unbranched alkanes of at least 4 members (excludes halogenated alkanes) is 4. The van der Waals surface area contributed by atoms with Crippen LogP contribution >= 0.6 is 0 Å². The topological polar surface area (TPSA) is 32.5 Å². The molecule has 0 aromatic carbocycles. The van der Waals surface area contributed by atoms with Gasteiger partial charge in [-0.25, -0.2) is 0 Å². The van der Waals surface area contributed by atoms with Gasteiger partial charge >= 0.3 is 0 Å². The zero-order valence-electron chi connectivity index (χ0n) is 12.2. The number of hydrogen-bond donors (Lipinski definition) is 1. The molecule has 0 rings (SSSR count). The molecule has 0 spiro atoms. The van der Waals surface area contributed by atoms with Crippen LogP contribution < -0.4 is 5.73 Å². The summed E-state index contributed by atoms with van der Waals surface area (Å²) in [5.41, 5.74) is 5.48. The number of hydrogen-bond acceptors (Lipinski definition) is 3. The molecule has 0 atom stereocenters. The summed E-state index contributed by atoms with van der Waals surface area (Å²) < 4.78 is 0. The summed E-state index contributed by atoms with van der Waals surface area (Å²) in [5.74, 6) is 0. The van der Waals surface area contributed by atoms with Crippen LogP contribution in [-0.2, 0) is 0 Å². The SMILES string of the molecule is CCN(CCCCCCCN)CCCN(C)C. The maximum Gasteiger partial charge on any atom is -0.000667 e. The maximum absolute atomic E-state index is 5.48. The van der Waals surface area contributed by atoms with Crippen LogP contribution in [0.2, 0.25) is 0 Å². The van der Waals surface area contributed by atoms with Gasteiger partial charge in [0.25, 0.3) is 0 Å². The number of rotatable bonds is 12. The fourth-order valence-corrected chi connectivity index (χ4v) is 2.05. The molecule has 0 heterocycles. The van der Waals surface area contributed by atoms with E-state index in [-0.39, 0.29) is 0 Å². The molecule has 2 N–H and O–H groups in total. The van der Waals surface area contributed by atoms with Crippen molar-refractivity contribution >= 4 is 0 Å². The standard InChI is InChI=1S/C14H33N3/c1-4-17(14-10-12-16(2)3)13-9-7-5-6-8-11-15/h4-15H2,1-3H3. The van der Waals surface area contributed by atoms with Crippen molar-refractivity contribution in [1.29, 1.82) is 0 Å². The quantitative estimate of drug-likeness (QED) is 0.533. The molecule has 3 heteroatoms. The summed E-state index contributed by atoms with van der Waals surface area (Å²) in [6.45, 7) is 8.03. The summed E-state index contributed by atoms with van der Waals surface area (Å²) in [6.07, 6.45) is 7.86. The molecule has 0 aromatic rings. The molecule has 0 radical (unpaired) electrons. The third-order valence-corrected chi connectivity index (χ3v) is 3.21. The van der Waals surface area contributed by atoms with Crippen molar-refractivity contribution in [3.63, 3.8) is 0 Å². The monoisotopic (exact) mass is 243 g/mol. The maximum atomic E-state index is 5.48. The van der Waals surface area contributed by atoms with Gasteiger partial charge in [0.05, 0.1) is 0 Å². The molecule has 0 amide bonds. The van der Waals surface area contributed by atoms with Gasteiger partial charge in [-0.1, -0.05) is 26.2 Å². The minimum absolute atomic E-state index is 0.853. The highest BCUT2D eigenvalue weighted by Gasteiger charge is 2.02. The Balaban J connectivity index is 3.35. The molecule has 0 aliphatic rings. The minimum atomic E-state index is 0.853. The molecule has 0 saturated heterocycles. The molecular weight excluding hydrogens is 210 g/mol. The molecule has 0 aromatic heterocycles. The lowest BCUT2D eigenvalue weighted by Gasteiger charge is -2.21. The van der Waals surface area contributed by atoms with E-state index in [9.17, 15) is 0 Å². The molecule has 0 aliphatic heterocycles. The normalized spacial score (nSPS) is 11.6. The first kappa shape index (κ1) is 16.9. The second kappa shape index (κ2) is 12.3. The Morgan fingerprint density at radius 1 is 0.765 bits per heavy atom.